The summed E-state index contributed by atoms with van der Waals surface area (Å²) in [6.45, 7) is -1.73. The van der Waals surface area contributed by atoms with E-state index in [1.807, 2.05) is 0 Å². The van der Waals surface area contributed by atoms with Gasteiger partial charge < -0.3 is 20.1 Å². The van der Waals surface area contributed by atoms with Crippen LogP contribution < -0.4 is 20.1 Å². The van der Waals surface area contributed by atoms with Crippen LogP contribution in [0, 0.1) is 0 Å². The first-order chi connectivity index (χ1) is 18.5. The van der Waals surface area contributed by atoms with Gasteiger partial charge in [0.1, 0.15) is 28.6 Å². The highest BCUT2D eigenvalue weighted by atomic mass is 32.2. The molecule has 0 fully saturated rings. The van der Waals surface area contributed by atoms with E-state index in [9.17, 15) is 44.3 Å². The number of alkyl halides is 6. The van der Waals surface area contributed by atoms with Crippen molar-refractivity contribution in [2.24, 2.45) is 0 Å². The number of ether oxygens (including phenoxy) is 2. The summed E-state index contributed by atoms with van der Waals surface area (Å²) in [5.41, 5.74) is 0.110. The molecule has 2 aromatic rings. The molecule has 0 unspecified atom stereocenters. The fraction of sp³-hybridized carbons (Fsp3) is 0.522. The van der Waals surface area contributed by atoms with Gasteiger partial charge >= 0.3 is 12.4 Å². The van der Waals surface area contributed by atoms with Crippen LogP contribution in [0.2, 0.25) is 0 Å². The molecular weight excluding hydrogens is 574 g/mol. The summed E-state index contributed by atoms with van der Waals surface area (Å²) in [5, 5.41) is 9.20. The van der Waals surface area contributed by atoms with Crippen LogP contribution in [-0.2, 0) is 27.6 Å². The molecule has 0 bridgehead atoms. The first kappa shape index (κ1) is 31.0. The van der Waals surface area contributed by atoms with Crippen molar-refractivity contribution in [2.75, 3.05) is 30.5 Å². The Labute approximate surface area is 224 Å². The number of hydrogen-bond acceptors (Lipinski definition) is 7. The van der Waals surface area contributed by atoms with E-state index in [1.54, 1.807) is 0 Å². The van der Waals surface area contributed by atoms with E-state index in [-0.39, 0.29) is 54.6 Å². The minimum atomic E-state index is -4.50. The number of halogens is 6. The second-order valence-corrected chi connectivity index (χ2v) is 11.3. The molecule has 0 saturated carbocycles. The highest BCUT2D eigenvalue weighted by Gasteiger charge is 2.33. The number of carbonyl (C=O) groups excluding carboxylic acids is 2. The standard InChI is InChI=1S/C23H26F6N4O6S/c1-40(36,37)12-18(34)31-20-19-17(32-33(20)8-3-7-22(24,25)26)10-14(30-21(19)35)6-9-38-15-4-2-5-16(11-15)39-13-23(27,28)29/h2,4-5,11,14H,3,6-10,12-13H2,1H3,(H,30,35)(H,31,34)/t14-/m0/s1. The van der Waals surface area contributed by atoms with Gasteiger partial charge in [0, 0.05) is 44.2 Å². The Balaban J connectivity index is 1.68. The summed E-state index contributed by atoms with van der Waals surface area (Å²) >= 11 is 0. The third-order valence-electron chi connectivity index (χ3n) is 5.45. The molecule has 3 rings (SSSR count). The number of nitrogens with one attached hydrogen (secondary N) is 2. The Bertz CT molecular complexity index is 1330. The zero-order valence-electron chi connectivity index (χ0n) is 21.1. The van der Waals surface area contributed by atoms with Gasteiger partial charge in [0.05, 0.1) is 12.3 Å². The Morgan fingerprint density at radius 1 is 1.15 bits per heavy atom. The second-order valence-electron chi connectivity index (χ2n) is 9.12. The van der Waals surface area contributed by atoms with Crippen LogP contribution in [0.25, 0.3) is 0 Å². The van der Waals surface area contributed by atoms with E-state index in [1.165, 1.54) is 24.3 Å². The maximum atomic E-state index is 12.9. The van der Waals surface area contributed by atoms with Crippen molar-refractivity contribution >= 4 is 27.5 Å². The molecule has 40 heavy (non-hydrogen) atoms. The monoisotopic (exact) mass is 600 g/mol. The van der Waals surface area contributed by atoms with Gasteiger partial charge in [-0.3, -0.25) is 9.59 Å². The number of hydrogen-bond donors (Lipinski definition) is 2. The van der Waals surface area contributed by atoms with Crippen LogP contribution in [0.5, 0.6) is 11.5 Å². The molecule has 10 nitrogen and oxygen atoms in total. The average molecular weight is 601 g/mol. The Hall–Kier alpha value is -3.50. The van der Waals surface area contributed by atoms with Crippen LogP contribution >= 0.6 is 0 Å². The molecule has 2 amide bonds. The van der Waals surface area contributed by atoms with Gasteiger partial charge in [0.25, 0.3) is 5.91 Å². The molecule has 0 spiro atoms. The molecule has 1 aliphatic rings. The van der Waals surface area contributed by atoms with E-state index < -0.39 is 65.2 Å². The zero-order chi connectivity index (χ0) is 29.7. The largest absolute Gasteiger partial charge is 0.493 e. The third-order valence-corrected chi connectivity index (χ3v) is 6.24. The average Bonchev–Trinajstić information content (AvgIpc) is 3.12. The van der Waals surface area contributed by atoms with E-state index in [2.05, 4.69) is 20.5 Å². The second kappa shape index (κ2) is 12.3. The van der Waals surface area contributed by atoms with Crippen molar-refractivity contribution in [1.29, 1.82) is 0 Å². The van der Waals surface area contributed by atoms with Gasteiger partial charge in [0.15, 0.2) is 16.4 Å². The molecule has 1 atom stereocenters. The number of aromatic nitrogens is 2. The highest BCUT2D eigenvalue weighted by molar-refractivity contribution is 7.91. The number of amides is 2. The maximum absolute atomic E-state index is 12.9. The van der Waals surface area contributed by atoms with Crippen LogP contribution in [0.1, 0.15) is 35.3 Å². The lowest BCUT2D eigenvalue weighted by Gasteiger charge is -2.23. The SMILES string of the molecule is CS(=O)(=O)CC(=O)Nc1c2c(nn1CCCC(F)(F)F)C[C@H](CCOc1cccc(OCC(F)(F)F)c1)NC2=O. The predicted octanol–water partition coefficient (Wildman–Crippen LogP) is 3.27. The molecule has 1 aromatic heterocycles. The van der Waals surface area contributed by atoms with E-state index in [0.29, 0.717) is 0 Å². The number of aryl methyl sites for hydroxylation is 1. The first-order valence-corrected chi connectivity index (χ1v) is 13.9. The quantitative estimate of drug-likeness (QED) is 0.358. The Kier molecular flexibility index (Phi) is 9.58. The number of benzene rings is 1. The van der Waals surface area contributed by atoms with Crippen molar-refractivity contribution in [3.8, 4) is 11.5 Å². The first-order valence-electron chi connectivity index (χ1n) is 11.9. The van der Waals surface area contributed by atoms with Gasteiger partial charge in [-0.2, -0.15) is 31.4 Å². The van der Waals surface area contributed by atoms with Crippen LogP contribution in [-0.4, -0.2) is 73.6 Å². The lowest BCUT2D eigenvalue weighted by molar-refractivity contribution is -0.153. The summed E-state index contributed by atoms with van der Waals surface area (Å²) in [5.74, 6) is -2.58. The van der Waals surface area contributed by atoms with Crippen molar-refractivity contribution < 1.29 is 53.8 Å². The molecule has 222 valence electrons. The minimum absolute atomic E-state index is 0.0350. The van der Waals surface area contributed by atoms with Gasteiger partial charge in [0.2, 0.25) is 5.91 Å². The lowest BCUT2D eigenvalue weighted by atomic mass is 9.99. The number of sulfone groups is 1. The smallest absolute Gasteiger partial charge is 0.422 e. The Morgan fingerprint density at radius 2 is 1.82 bits per heavy atom. The number of fused-ring (bicyclic) bond motifs is 1. The summed E-state index contributed by atoms with van der Waals surface area (Å²) in [7, 11) is -3.73. The molecule has 0 saturated heterocycles. The molecule has 0 aliphatic carbocycles. The summed E-state index contributed by atoms with van der Waals surface area (Å²) < 4.78 is 109. The van der Waals surface area contributed by atoms with Gasteiger partial charge in [-0.25, -0.2) is 13.1 Å². The number of rotatable bonds is 12. The summed E-state index contributed by atoms with van der Waals surface area (Å²) in [6, 6.07) is 5.03. The van der Waals surface area contributed by atoms with Crippen molar-refractivity contribution in [3.05, 3.63) is 35.5 Å². The predicted molar refractivity (Wildman–Crippen MR) is 129 cm³/mol. The van der Waals surface area contributed by atoms with Gasteiger partial charge in [-0.15, -0.1) is 0 Å². The van der Waals surface area contributed by atoms with Crippen LogP contribution in [0.15, 0.2) is 24.3 Å². The Morgan fingerprint density at radius 3 is 2.45 bits per heavy atom. The number of nitrogens with zero attached hydrogens (tertiary/aromatic N) is 2. The maximum Gasteiger partial charge on any atom is 0.422 e. The van der Waals surface area contributed by atoms with E-state index in [4.69, 9.17) is 4.74 Å². The van der Waals surface area contributed by atoms with E-state index >= 15 is 0 Å². The van der Waals surface area contributed by atoms with Gasteiger partial charge in [-0.05, 0) is 18.6 Å². The topological polar surface area (TPSA) is 129 Å². The summed E-state index contributed by atoms with van der Waals surface area (Å²) in [4.78, 5) is 25.1. The molecule has 1 aromatic carbocycles. The van der Waals surface area contributed by atoms with Crippen LogP contribution in [0.4, 0.5) is 32.2 Å². The van der Waals surface area contributed by atoms with E-state index in [0.717, 1.165) is 10.9 Å². The third kappa shape index (κ3) is 9.91. The van der Waals surface area contributed by atoms with Gasteiger partial charge in [-0.1, -0.05) is 6.07 Å². The fourth-order valence-electron chi connectivity index (χ4n) is 3.87. The van der Waals surface area contributed by atoms with Crippen LogP contribution in [0.3, 0.4) is 0 Å². The number of anilines is 1. The zero-order valence-corrected chi connectivity index (χ0v) is 21.9. The molecular formula is C23H26F6N4O6S. The minimum Gasteiger partial charge on any atom is -0.493 e. The summed E-state index contributed by atoms with van der Waals surface area (Å²) in [6.07, 6.45) is -9.29. The number of carbonyl (C=O) groups is 2. The van der Waals surface area contributed by atoms with Crippen molar-refractivity contribution in [3.63, 3.8) is 0 Å². The van der Waals surface area contributed by atoms with Crippen molar-refractivity contribution in [2.45, 2.75) is 50.6 Å². The molecule has 17 heteroatoms. The molecule has 1 aliphatic heterocycles. The molecule has 0 radical (unpaired) electrons. The lowest BCUT2D eigenvalue weighted by Crippen LogP contribution is -2.42. The van der Waals surface area contributed by atoms with Crippen molar-refractivity contribution in [1.82, 2.24) is 15.1 Å². The normalized spacial score (nSPS) is 15.8. The highest BCUT2D eigenvalue weighted by Crippen LogP contribution is 2.28. The molecule has 2 heterocycles. The molecule has 2 N–H and O–H groups in total. The fourth-order valence-corrected chi connectivity index (χ4v) is 4.42.